The molecule has 1 heterocycles. The third-order valence-electron chi connectivity index (χ3n) is 4.59. The summed E-state index contributed by atoms with van der Waals surface area (Å²) in [6.07, 6.45) is 3.66. The Labute approximate surface area is 123 Å². The van der Waals surface area contributed by atoms with Crippen LogP contribution in [0.1, 0.15) is 44.7 Å². The quantitative estimate of drug-likeness (QED) is 0.866. The van der Waals surface area contributed by atoms with Crippen LogP contribution in [0.15, 0.2) is 24.3 Å². The Morgan fingerprint density at radius 3 is 2.60 bits per heavy atom. The molecule has 3 nitrogen and oxygen atoms in total. The van der Waals surface area contributed by atoms with Gasteiger partial charge in [-0.05, 0) is 50.0 Å². The minimum Gasteiger partial charge on any atom is -0.373 e. The van der Waals surface area contributed by atoms with E-state index in [0.29, 0.717) is 6.04 Å². The number of benzene rings is 1. The summed E-state index contributed by atoms with van der Waals surface area (Å²) in [5, 5.41) is 0. The van der Waals surface area contributed by atoms with E-state index in [1.165, 1.54) is 37.2 Å². The summed E-state index contributed by atoms with van der Waals surface area (Å²) in [4.78, 5) is 4.97. The van der Waals surface area contributed by atoms with E-state index in [1.807, 2.05) is 0 Å². The highest BCUT2D eigenvalue weighted by molar-refractivity contribution is 5.47. The van der Waals surface area contributed by atoms with E-state index >= 15 is 0 Å². The number of nitrogens with two attached hydrogens (primary N) is 1. The van der Waals surface area contributed by atoms with Crippen LogP contribution < -0.4 is 10.6 Å². The van der Waals surface area contributed by atoms with Crippen molar-refractivity contribution in [2.75, 3.05) is 31.6 Å². The molecule has 0 spiro atoms. The molecule has 2 N–H and O–H groups in total. The zero-order valence-corrected chi connectivity index (χ0v) is 13.2. The fraction of sp³-hybridized carbons (Fsp3) is 0.647. The number of hydrogen-bond donors (Lipinski definition) is 1. The van der Waals surface area contributed by atoms with Gasteiger partial charge < -0.3 is 10.6 Å². The number of likely N-dealkylation sites (tertiary alicyclic amines) is 1. The lowest BCUT2D eigenvalue weighted by Gasteiger charge is -2.29. The molecule has 1 aliphatic heterocycles. The first kappa shape index (κ1) is 15.3. The SMILES string of the molecule is CCC(N)c1ccc(N(C)CC2CCCN2CC)cc1. The summed E-state index contributed by atoms with van der Waals surface area (Å²) in [6.45, 7) is 7.94. The minimum absolute atomic E-state index is 0.166. The Balaban J connectivity index is 1.97. The predicted molar refractivity (Wildman–Crippen MR) is 87.2 cm³/mol. The third-order valence-corrected chi connectivity index (χ3v) is 4.59. The van der Waals surface area contributed by atoms with Crippen molar-refractivity contribution in [1.82, 2.24) is 4.90 Å². The van der Waals surface area contributed by atoms with Gasteiger partial charge in [-0.25, -0.2) is 0 Å². The predicted octanol–water partition coefficient (Wildman–Crippen LogP) is 3.02. The molecule has 1 aromatic rings. The molecule has 112 valence electrons. The van der Waals surface area contributed by atoms with Crippen LogP contribution in [0.4, 0.5) is 5.69 Å². The fourth-order valence-corrected chi connectivity index (χ4v) is 3.15. The highest BCUT2D eigenvalue weighted by Crippen LogP contribution is 2.22. The van der Waals surface area contributed by atoms with E-state index in [1.54, 1.807) is 0 Å². The van der Waals surface area contributed by atoms with E-state index < -0.39 is 0 Å². The van der Waals surface area contributed by atoms with Crippen LogP contribution in [-0.2, 0) is 0 Å². The average Bonchev–Trinajstić information content (AvgIpc) is 2.93. The van der Waals surface area contributed by atoms with E-state index in [9.17, 15) is 0 Å². The average molecular weight is 275 g/mol. The van der Waals surface area contributed by atoms with E-state index in [-0.39, 0.29) is 6.04 Å². The monoisotopic (exact) mass is 275 g/mol. The van der Waals surface area contributed by atoms with Gasteiger partial charge in [0.25, 0.3) is 0 Å². The lowest BCUT2D eigenvalue weighted by atomic mass is 10.0. The van der Waals surface area contributed by atoms with Gasteiger partial charge in [-0.3, -0.25) is 4.90 Å². The first-order valence-electron chi connectivity index (χ1n) is 7.96. The Bertz CT molecular complexity index is 401. The number of anilines is 1. The molecule has 2 unspecified atom stereocenters. The van der Waals surface area contributed by atoms with Gasteiger partial charge in [0.1, 0.15) is 0 Å². The number of likely N-dealkylation sites (N-methyl/N-ethyl adjacent to an activating group) is 2. The molecule has 0 amide bonds. The normalized spacial score (nSPS) is 21.1. The molecule has 1 fully saturated rings. The molecule has 1 saturated heterocycles. The smallest absolute Gasteiger partial charge is 0.0364 e. The highest BCUT2D eigenvalue weighted by atomic mass is 15.2. The van der Waals surface area contributed by atoms with Crippen molar-refractivity contribution in [3.05, 3.63) is 29.8 Å². The first-order chi connectivity index (χ1) is 9.65. The lowest BCUT2D eigenvalue weighted by Crippen LogP contribution is -2.38. The van der Waals surface area contributed by atoms with Gasteiger partial charge in [0.05, 0.1) is 0 Å². The molecular formula is C17H29N3. The summed E-state index contributed by atoms with van der Waals surface area (Å²) in [7, 11) is 2.20. The molecule has 0 bridgehead atoms. The van der Waals surface area contributed by atoms with Crippen LogP contribution >= 0.6 is 0 Å². The Morgan fingerprint density at radius 2 is 2.00 bits per heavy atom. The third kappa shape index (κ3) is 3.53. The summed E-state index contributed by atoms with van der Waals surface area (Å²) < 4.78 is 0. The maximum Gasteiger partial charge on any atom is 0.0364 e. The summed E-state index contributed by atoms with van der Waals surface area (Å²) in [6, 6.07) is 9.63. The lowest BCUT2D eigenvalue weighted by molar-refractivity contribution is 0.270. The molecular weight excluding hydrogens is 246 g/mol. The summed E-state index contributed by atoms with van der Waals surface area (Å²) >= 11 is 0. The zero-order valence-electron chi connectivity index (χ0n) is 13.2. The summed E-state index contributed by atoms with van der Waals surface area (Å²) in [5.41, 5.74) is 8.60. The van der Waals surface area contributed by atoms with Gasteiger partial charge in [0.15, 0.2) is 0 Å². The maximum atomic E-state index is 6.07. The van der Waals surface area contributed by atoms with Gasteiger partial charge in [-0.2, -0.15) is 0 Å². The Morgan fingerprint density at radius 1 is 1.30 bits per heavy atom. The van der Waals surface area contributed by atoms with Crippen molar-refractivity contribution in [3.8, 4) is 0 Å². The molecule has 2 rings (SSSR count). The van der Waals surface area contributed by atoms with Gasteiger partial charge >= 0.3 is 0 Å². The van der Waals surface area contributed by atoms with E-state index in [0.717, 1.165) is 13.0 Å². The summed E-state index contributed by atoms with van der Waals surface area (Å²) in [5.74, 6) is 0. The van der Waals surface area contributed by atoms with Crippen LogP contribution in [0.3, 0.4) is 0 Å². The molecule has 0 radical (unpaired) electrons. The molecule has 1 aliphatic rings. The highest BCUT2D eigenvalue weighted by Gasteiger charge is 2.24. The molecule has 20 heavy (non-hydrogen) atoms. The first-order valence-corrected chi connectivity index (χ1v) is 7.96. The van der Waals surface area contributed by atoms with Crippen LogP contribution in [0, 0.1) is 0 Å². The van der Waals surface area contributed by atoms with E-state index in [4.69, 9.17) is 5.73 Å². The van der Waals surface area contributed by atoms with Crippen molar-refractivity contribution in [3.63, 3.8) is 0 Å². The number of rotatable bonds is 6. The van der Waals surface area contributed by atoms with Gasteiger partial charge in [-0.1, -0.05) is 26.0 Å². The van der Waals surface area contributed by atoms with Crippen molar-refractivity contribution in [2.45, 2.75) is 45.2 Å². The van der Waals surface area contributed by atoms with Crippen LogP contribution in [0.25, 0.3) is 0 Å². The molecule has 2 atom stereocenters. The van der Waals surface area contributed by atoms with Crippen molar-refractivity contribution in [2.24, 2.45) is 5.73 Å². The van der Waals surface area contributed by atoms with Crippen molar-refractivity contribution >= 4 is 5.69 Å². The zero-order chi connectivity index (χ0) is 14.5. The second kappa shape index (κ2) is 7.09. The second-order valence-corrected chi connectivity index (χ2v) is 5.91. The molecule has 0 aromatic heterocycles. The number of nitrogens with zero attached hydrogens (tertiary/aromatic N) is 2. The van der Waals surface area contributed by atoms with Crippen LogP contribution in [0.5, 0.6) is 0 Å². The standard InChI is InChI=1S/C17H29N3/c1-4-17(18)14-8-10-15(11-9-14)19(3)13-16-7-6-12-20(16)5-2/h8-11,16-17H,4-7,12-13,18H2,1-3H3. The molecule has 0 saturated carbocycles. The van der Waals surface area contributed by atoms with Crippen molar-refractivity contribution < 1.29 is 0 Å². The second-order valence-electron chi connectivity index (χ2n) is 5.91. The molecule has 3 heteroatoms. The van der Waals surface area contributed by atoms with Gasteiger partial charge in [-0.15, -0.1) is 0 Å². The Kier molecular flexibility index (Phi) is 5.44. The largest absolute Gasteiger partial charge is 0.373 e. The van der Waals surface area contributed by atoms with Crippen LogP contribution in [-0.4, -0.2) is 37.6 Å². The van der Waals surface area contributed by atoms with Crippen molar-refractivity contribution in [1.29, 1.82) is 0 Å². The number of hydrogen-bond acceptors (Lipinski definition) is 3. The maximum absolute atomic E-state index is 6.07. The van der Waals surface area contributed by atoms with Crippen LogP contribution in [0.2, 0.25) is 0 Å². The topological polar surface area (TPSA) is 32.5 Å². The van der Waals surface area contributed by atoms with Gasteiger partial charge in [0.2, 0.25) is 0 Å². The Hall–Kier alpha value is -1.06. The fourth-order valence-electron chi connectivity index (χ4n) is 3.15. The molecule has 1 aromatic carbocycles. The van der Waals surface area contributed by atoms with E-state index in [2.05, 4.69) is 55.0 Å². The minimum atomic E-state index is 0.166. The molecule has 0 aliphatic carbocycles. The van der Waals surface area contributed by atoms with Gasteiger partial charge in [0, 0.05) is 31.4 Å².